The second kappa shape index (κ2) is 6.85. The smallest absolute Gasteiger partial charge is 0.334 e. The molecule has 2 unspecified atom stereocenters. The van der Waals surface area contributed by atoms with Crippen molar-refractivity contribution in [2.24, 2.45) is 0 Å². The van der Waals surface area contributed by atoms with Gasteiger partial charge in [0.15, 0.2) is 6.10 Å². The monoisotopic (exact) mass is 284 g/mol. The fourth-order valence-corrected chi connectivity index (χ4v) is 1.59. The van der Waals surface area contributed by atoms with E-state index >= 15 is 0 Å². The molecule has 0 aliphatic carbocycles. The molecule has 3 N–H and O–H groups in total. The number of halogens is 1. The van der Waals surface area contributed by atoms with Gasteiger partial charge < -0.3 is 20.4 Å². The highest BCUT2D eigenvalue weighted by Crippen LogP contribution is 2.21. The summed E-state index contributed by atoms with van der Waals surface area (Å²) in [6.45, 7) is 1.23. The highest BCUT2D eigenvalue weighted by Gasteiger charge is 2.21. The van der Waals surface area contributed by atoms with Gasteiger partial charge in [0.2, 0.25) is 0 Å². The number of nitrogens with one attached hydrogen (secondary N) is 1. The number of hydrogen-bond acceptors (Lipinski definition) is 3. The van der Waals surface area contributed by atoms with Crippen molar-refractivity contribution in [3.63, 3.8) is 0 Å². The van der Waals surface area contributed by atoms with Crippen LogP contribution in [0.25, 0.3) is 0 Å². The lowest BCUT2D eigenvalue weighted by molar-refractivity contribution is -0.146. The van der Waals surface area contributed by atoms with Crippen molar-refractivity contribution in [1.82, 2.24) is 10.2 Å². The van der Waals surface area contributed by atoms with E-state index in [4.69, 9.17) is 10.2 Å². The third-order valence-corrected chi connectivity index (χ3v) is 2.99. The molecule has 110 valence electrons. The summed E-state index contributed by atoms with van der Waals surface area (Å²) in [6, 6.07) is 4.95. The molecule has 0 saturated carbocycles. The van der Waals surface area contributed by atoms with Gasteiger partial charge in [0, 0.05) is 12.6 Å². The Morgan fingerprint density at radius 3 is 2.55 bits per heavy atom. The topological polar surface area (TPSA) is 89.9 Å². The SMILES string of the molecule is CC(c1ccccc1F)N(C)C(=O)NCC(O)C(=O)O. The molecule has 2 atom stereocenters. The Balaban J connectivity index is 2.65. The van der Waals surface area contributed by atoms with Crippen molar-refractivity contribution in [1.29, 1.82) is 0 Å². The van der Waals surface area contributed by atoms with E-state index < -0.39 is 36.5 Å². The summed E-state index contributed by atoms with van der Waals surface area (Å²) in [5.74, 6) is -1.85. The van der Waals surface area contributed by atoms with Crippen molar-refractivity contribution in [2.75, 3.05) is 13.6 Å². The van der Waals surface area contributed by atoms with E-state index in [2.05, 4.69) is 5.32 Å². The number of amides is 2. The summed E-state index contributed by atoms with van der Waals surface area (Å²) in [7, 11) is 1.46. The molecule has 1 aromatic carbocycles. The van der Waals surface area contributed by atoms with Gasteiger partial charge in [0.25, 0.3) is 0 Å². The second-order valence-electron chi connectivity index (χ2n) is 4.35. The van der Waals surface area contributed by atoms with Crippen LogP contribution in [0, 0.1) is 5.82 Å². The van der Waals surface area contributed by atoms with Crippen molar-refractivity contribution >= 4 is 12.0 Å². The normalized spacial score (nSPS) is 13.4. The number of carbonyl (C=O) groups is 2. The molecule has 0 aliphatic heterocycles. The minimum Gasteiger partial charge on any atom is -0.479 e. The molecule has 0 bridgehead atoms. The third kappa shape index (κ3) is 3.92. The third-order valence-electron chi connectivity index (χ3n) is 2.99. The summed E-state index contributed by atoms with van der Waals surface area (Å²) in [5.41, 5.74) is 0.351. The molecule has 0 spiro atoms. The van der Waals surface area contributed by atoms with Crippen LogP contribution < -0.4 is 5.32 Å². The average Bonchev–Trinajstić information content (AvgIpc) is 2.43. The molecule has 0 aliphatic rings. The Kier molecular flexibility index (Phi) is 5.45. The molecule has 1 rings (SSSR count). The number of rotatable bonds is 5. The summed E-state index contributed by atoms with van der Waals surface area (Å²) in [5, 5.41) is 19.8. The van der Waals surface area contributed by atoms with Crippen molar-refractivity contribution < 1.29 is 24.2 Å². The molecule has 0 heterocycles. The van der Waals surface area contributed by atoms with Crippen LogP contribution in [0.4, 0.5) is 9.18 Å². The van der Waals surface area contributed by atoms with Crippen LogP contribution in [0.5, 0.6) is 0 Å². The van der Waals surface area contributed by atoms with Crippen LogP contribution in [-0.2, 0) is 4.79 Å². The van der Waals surface area contributed by atoms with Gasteiger partial charge in [-0.25, -0.2) is 14.0 Å². The first kappa shape index (κ1) is 15.9. The van der Waals surface area contributed by atoms with E-state index in [0.29, 0.717) is 5.56 Å². The molecule has 0 aromatic heterocycles. The summed E-state index contributed by atoms with van der Waals surface area (Å²) in [4.78, 5) is 23.4. The van der Waals surface area contributed by atoms with Crippen LogP contribution in [0.15, 0.2) is 24.3 Å². The molecule has 20 heavy (non-hydrogen) atoms. The maximum Gasteiger partial charge on any atom is 0.334 e. The van der Waals surface area contributed by atoms with E-state index in [0.717, 1.165) is 0 Å². The lowest BCUT2D eigenvalue weighted by atomic mass is 10.1. The van der Waals surface area contributed by atoms with Crippen LogP contribution in [0.2, 0.25) is 0 Å². The van der Waals surface area contributed by atoms with E-state index in [1.54, 1.807) is 25.1 Å². The molecule has 2 amide bonds. The Bertz CT molecular complexity index is 495. The Morgan fingerprint density at radius 2 is 2.00 bits per heavy atom. The van der Waals surface area contributed by atoms with Crippen molar-refractivity contribution in [3.8, 4) is 0 Å². The van der Waals surface area contributed by atoms with Gasteiger partial charge in [-0.3, -0.25) is 0 Å². The summed E-state index contributed by atoms with van der Waals surface area (Å²) in [6.07, 6.45) is -1.67. The first-order chi connectivity index (χ1) is 9.34. The lowest BCUT2D eigenvalue weighted by Crippen LogP contribution is -2.43. The zero-order valence-corrected chi connectivity index (χ0v) is 11.2. The first-order valence-corrected chi connectivity index (χ1v) is 6.00. The maximum atomic E-state index is 13.6. The predicted octanol–water partition coefficient (Wildman–Crippen LogP) is 0.974. The minimum atomic E-state index is -1.67. The largest absolute Gasteiger partial charge is 0.479 e. The summed E-state index contributed by atoms with van der Waals surface area (Å²) < 4.78 is 13.6. The quantitative estimate of drug-likeness (QED) is 0.751. The van der Waals surface area contributed by atoms with E-state index in [1.807, 2.05) is 0 Å². The van der Waals surface area contributed by atoms with Gasteiger partial charge in [-0.05, 0) is 13.0 Å². The predicted molar refractivity (Wildman–Crippen MR) is 69.6 cm³/mol. The number of aliphatic hydroxyl groups excluding tert-OH is 1. The van der Waals surface area contributed by atoms with E-state index in [1.165, 1.54) is 18.0 Å². The molecule has 6 nitrogen and oxygen atoms in total. The van der Waals surface area contributed by atoms with Gasteiger partial charge in [-0.1, -0.05) is 18.2 Å². The standard InChI is InChI=1S/C13H17FN2O4/c1-8(9-5-3-4-6-10(9)14)16(2)13(20)15-7-11(17)12(18)19/h3-6,8,11,17H,7H2,1-2H3,(H,15,20)(H,18,19). The molecular weight excluding hydrogens is 267 g/mol. The van der Waals surface area contributed by atoms with Crippen molar-refractivity contribution in [2.45, 2.75) is 19.1 Å². The van der Waals surface area contributed by atoms with Gasteiger partial charge >= 0.3 is 12.0 Å². The van der Waals surface area contributed by atoms with Crippen LogP contribution >= 0.6 is 0 Å². The highest BCUT2D eigenvalue weighted by atomic mass is 19.1. The fourth-order valence-electron chi connectivity index (χ4n) is 1.59. The minimum absolute atomic E-state index is 0.351. The number of aliphatic hydroxyl groups is 1. The van der Waals surface area contributed by atoms with Gasteiger partial charge in [0.05, 0.1) is 12.6 Å². The van der Waals surface area contributed by atoms with Crippen molar-refractivity contribution in [3.05, 3.63) is 35.6 Å². The molecular formula is C13H17FN2O4. The fraction of sp³-hybridized carbons (Fsp3) is 0.385. The van der Waals surface area contributed by atoms with Crippen LogP contribution in [0.1, 0.15) is 18.5 Å². The summed E-state index contributed by atoms with van der Waals surface area (Å²) >= 11 is 0. The van der Waals surface area contributed by atoms with E-state index in [-0.39, 0.29) is 0 Å². The zero-order valence-electron chi connectivity index (χ0n) is 11.2. The molecule has 0 radical (unpaired) electrons. The highest BCUT2D eigenvalue weighted by molar-refractivity contribution is 5.77. The average molecular weight is 284 g/mol. The van der Waals surface area contributed by atoms with Crippen LogP contribution in [-0.4, -0.2) is 46.8 Å². The van der Waals surface area contributed by atoms with Gasteiger partial charge in [0.1, 0.15) is 5.82 Å². The first-order valence-electron chi connectivity index (χ1n) is 6.00. The van der Waals surface area contributed by atoms with Gasteiger partial charge in [-0.2, -0.15) is 0 Å². The molecule has 7 heteroatoms. The number of carbonyl (C=O) groups excluding carboxylic acids is 1. The van der Waals surface area contributed by atoms with Crippen LogP contribution in [0.3, 0.4) is 0 Å². The Morgan fingerprint density at radius 1 is 1.40 bits per heavy atom. The number of urea groups is 1. The molecule has 0 saturated heterocycles. The second-order valence-corrected chi connectivity index (χ2v) is 4.35. The number of benzene rings is 1. The number of carboxylic acids is 1. The number of carboxylic acid groups (broad SMARTS) is 1. The van der Waals surface area contributed by atoms with E-state index in [9.17, 15) is 14.0 Å². The molecule has 0 fully saturated rings. The molecule has 1 aromatic rings. The van der Waals surface area contributed by atoms with Gasteiger partial charge in [-0.15, -0.1) is 0 Å². The maximum absolute atomic E-state index is 13.6. The lowest BCUT2D eigenvalue weighted by Gasteiger charge is -2.26. The zero-order chi connectivity index (χ0) is 15.3. The number of nitrogens with zero attached hydrogens (tertiary/aromatic N) is 1. The Labute approximate surface area is 115 Å². The Hall–Kier alpha value is -2.15. The number of hydrogen-bond donors (Lipinski definition) is 3. The number of aliphatic carboxylic acids is 1.